The Hall–Kier alpha value is -0.160. The summed E-state index contributed by atoms with van der Waals surface area (Å²) in [6.45, 7) is 2.78. The van der Waals surface area contributed by atoms with Gasteiger partial charge in [-0.05, 0) is 13.3 Å². The minimum Gasteiger partial charge on any atom is -0.465 e. The molecule has 16 heteroatoms. The molecule has 1 rings (SSSR count). The van der Waals surface area contributed by atoms with E-state index in [0.717, 1.165) is 21.3 Å². The number of phosphoric ester groups is 2. The van der Waals surface area contributed by atoms with Gasteiger partial charge in [-0.15, -0.1) is 0 Å². The molecule has 0 amide bonds. The quantitative estimate of drug-likeness (QED) is 0.327. The molecule has 0 aromatic carbocycles. The number of hydrogen-bond donors (Lipinski definition) is 1. The maximum atomic E-state index is 12.6. The van der Waals surface area contributed by atoms with E-state index in [0.29, 0.717) is 6.42 Å². The third-order valence-corrected chi connectivity index (χ3v) is 8.59. The van der Waals surface area contributed by atoms with Crippen molar-refractivity contribution in [3.8, 4) is 0 Å². The van der Waals surface area contributed by atoms with Crippen molar-refractivity contribution >= 4 is 29.4 Å². The van der Waals surface area contributed by atoms with Gasteiger partial charge in [0.05, 0.1) is 25.4 Å². The highest BCUT2D eigenvalue weighted by Gasteiger charge is 2.45. The molecule has 0 aromatic rings. The van der Waals surface area contributed by atoms with Crippen LogP contribution < -0.4 is 0 Å². The first-order valence-electron chi connectivity index (χ1n) is 7.93. The molecule has 1 saturated heterocycles. The van der Waals surface area contributed by atoms with E-state index in [1.54, 1.807) is 6.92 Å². The van der Waals surface area contributed by atoms with Gasteiger partial charge in [-0.2, -0.15) is 8.62 Å². The van der Waals surface area contributed by atoms with E-state index in [4.69, 9.17) is 14.0 Å². The van der Waals surface area contributed by atoms with E-state index in [1.807, 2.05) is 0 Å². The third-order valence-electron chi connectivity index (χ3n) is 3.55. The zero-order valence-corrected chi connectivity index (χ0v) is 18.7. The maximum Gasteiger partial charge on any atom is 0.492 e. The first-order chi connectivity index (χ1) is 12.9. The number of phosphoric acid groups is 3. The van der Waals surface area contributed by atoms with Crippen LogP contribution in [0.4, 0.5) is 0 Å². The molecule has 0 bridgehead atoms. The molecule has 0 aliphatic carbocycles. The molecular formula is C12H25O13P3. The largest absolute Gasteiger partial charge is 0.492 e. The van der Waals surface area contributed by atoms with Crippen LogP contribution in [0.2, 0.25) is 0 Å². The van der Waals surface area contributed by atoms with Gasteiger partial charge in [0.1, 0.15) is 0 Å². The second kappa shape index (κ2) is 10.7. The molecule has 0 aromatic heterocycles. The average Bonchev–Trinajstić information content (AvgIpc) is 2.97. The molecule has 3 unspecified atom stereocenters. The first kappa shape index (κ1) is 25.9. The maximum absolute atomic E-state index is 12.6. The van der Waals surface area contributed by atoms with Crippen LogP contribution in [0.1, 0.15) is 20.3 Å². The smallest absolute Gasteiger partial charge is 0.465 e. The Morgan fingerprint density at radius 3 is 2.14 bits per heavy atom. The average molecular weight is 470 g/mol. The summed E-state index contributed by atoms with van der Waals surface area (Å²) in [4.78, 5) is 20.3. The monoisotopic (exact) mass is 470 g/mol. The zero-order valence-electron chi connectivity index (χ0n) is 16.0. The van der Waals surface area contributed by atoms with Crippen LogP contribution in [0, 0.1) is 5.92 Å². The number of carbonyl (C=O) groups is 1. The molecule has 1 aliphatic rings. The molecule has 28 heavy (non-hydrogen) atoms. The van der Waals surface area contributed by atoms with E-state index in [-0.39, 0.29) is 25.2 Å². The fraction of sp³-hybridized carbons (Fsp3) is 0.917. The van der Waals surface area contributed by atoms with Gasteiger partial charge in [0, 0.05) is 34.2 Å². The van der Waals surface area contributed by atoms with E-state index in [2.05, 4.69) is 22.2 Å². The summed E-state index contributed by atoms with van der Waals surface area (Å²) in [7, 11) is -11.6. The van der Waals surface area contributed by atoms with E-state index >= 15 is 0 Å². The van der Waals surface area contributed by atoms with Crippen molar-refractivity contribution < 1.29 is 59.6 Å². The zero-order chi connectivity index (χ0) is 21.6. The summed E-state index contributed by atoms with van der Waals surface area (Å²) in [6, 6.07) is 0. The molecule has 1 fully saturated rings. The predicted octanol–water partition coefficient (Wildman–Crippen LogP) is 2.65. The summed E-state index contributed by atoms with van der Waals surface area (Å²) in [5, 5.41) is 0. The minimum absolute atomic E-state index is 0.0625. The highest BCUT2D eigenvalue weighted by molar-refractivity contribution is 7.67. The van der Waals surface area contributed by atoms with Crippen molar-refractivity contribution in [2.75, 3.05) is 34.5 Å². The molecule has 1 N–H and O–H groups in total. The summed E-state index contributed by atoms with van der Waals surface area (Å²) in [5.41, 5.74) is 0. The summed E-state index contributed by atoms with van der Waals surface area (Å²) in [6.07, 6.45) is -0.250. The van der Waals surface area contributed by atoms with Gasteiger partial charge in [-0.3, -0.25) is 22.9 Å². The van der Waals surface area contributed by atoms with Gasteiger partial charge in [0.15, 0.2) is 0 Å². The normalized spacial score (nSPS) is 28.9. The summed E-state index contributed by atoms with van der Waals surface area (Å²) < 4.78 is 74.1. The molecule has 0 radical (unpaired) electrons. The standard InChI is InChI=1S/C12H25O13P3/c1-9-6-11(7-21-10(2)13)12(23-9)8-22-27(16,19-4)25-28(17,20-5)24-26(14,15)18-3/h9,11-12H,6-8H2,1-5H3,(H,14,15)/t9-,11+,12+,27?,28?/m0/s1. The van der Waals surface area contributed by atoms with Gasteiger partial charge in [0.25, 0.3) is 0 Å². The number of ether oxygens (including phenoxy) is 2. The van der Waals surface area contributed by atoms with Crippen molar-refractivity contribution in [2.24, 2.45) is 5.92 Å². The van der Waals surface area contributed by atoms with Crippen LogP contribution in [-0.2, 0) is 54.7 Å². The number of rotatable bonds is 12. The Kier molecular flexibility index (Phi) is 9.93. The van der Waals surface area contributed by atoms with Gasteiger partial charge in [-0.25, -0.2) is 13.7 Å². The second-order valence-corrected chi connectivity index (χ2v) is 11.0. The van der Waals surface area contributed by atoms with Gasteiger partial charge in [-0.1, -0.05) is 0 Å². The van der Waals surface area contributed by atoms with Crippen LogP contribution in [-0.4, -0.2) is 57.6 Å². The lowest BCUT2D eigenvalue weighted by molar-refractivity contribution is -0.143. The minimum atomic E-state index is -4.85. The Balaban J connectivity index is 2.79. The highest BCUT2D eigenvalue weighted by atomic mass is 31.3. The van der Waals surface area contributed by atoms with Crippen LogP contribution in [0.25, 0.3) is 0 Å². The van der Waals surface area contributed by atoms with Gasteiger partial charge >= 0.3 is 29.4 Å². The molecule has 13 nitrogen and oxygen atoms in total. The SMILES string of the molecule is COP(=O)(O)OP(=O)(OC)OP(=O)(OC)OC[C@H]1O[C@@H](C)C[C@@H]1COC(C)=O. The Labute approximate surface area is 162 Å². The lowest BCUT2D eigenvalue weighted by Crippen LogP contribution is -2.26. The molecule has 166 valence electrons. The first-order valence-corrected chi connectivity index (χ1v) is 12.4. The van der Waals surface area contributed by atoms with Crippen LogP contribution in [0.15, 0.2) is 0 Å². The van der Waals surface area contributed by atoms with Crippen LogP contribution in [0.3, 0.4) is 0 Å². The third kappa shape index (κ3) is 8.30. The Bertz CT molecular complexity index is 667. The van der Waals surface area contributed by atoms with Crippen LogP contribution >= 0.6 is 23.5 Å². The van der Waals surface area contributed by atoms with Crippen molar-refractivity contribution in [1.29, 1.82) is 0 Å². The van der Waals surface area contributed by atoms with E-state index in [9.17, 15) is 23.4 Å². The number of carbonyl (C=O) groups excluding carboxylic acids is 1. The number of hydrogen-bond acceptors (Lipinski definition) is 12. The van der Waals surface area contributed by atoms with Gasteiger partial charge in [0.2, 0.25) is 0 Å². The molecule has 0 saturated carbocycles. The van der Waals surface area contributed by atoms with Gasteiger partial charge < -0.3 is 14.4 Å². The topological polar surface area (TPSA) is 162 Å². The molecule has 1 aliphatic heterocycles. The molecule has 6 atom stereocenters. The fourth-order valence-corrected chi connectivity index (χ4v) is 6.32. The van der Waals surface area contributed by atoms with Crippen molar-refractivity contribution in [3.63, 3.8) is 0 Å². The molecular weight excluding hydrogens is 445 g/mol. The molecule has 0 spiro atoms. The highest BCUT2D eigenvalue weighted by Crippen LogP contribution is 2.71. The number of esters is 1. The second-order valence-electron chi connectivity index (χ2n) is 5.65. The lowest BCUT2D eigenvalue weighted by atomic mass is 10.0. The molecule has 1 heterocycles. The van der Waals surface area contributed by atoms with Crippen LogP contribution in [0.5, 0.6) is 0 Å². The summed E-state index contributed by atoms with van der Waals surface area (Å²) in [5.74, 6) is -0.712. The van der Waals surface area contributed by atoms with E-state index in [1.165, 1.54) is 6.92 Å². The Morgan fingerprint density at radius 2 is 1.64 bits per heavy atom. The van der Waals surface area contributed by atoms with Crippen molar-refractivity contribution in [3.05, 3.63) is 0 Å². The lowest BCUT2D eigenvalue weighted by Gasteiger charge is -2.24. The van der Waals surface area contributed by atoms with E-state index < -0.39 is 35.5 Å². The summed E-state index contributed by atoms with van der Waals surface area (Å²) >= 11 is 0. The fourth-order valence-electron chi connectivity index (χ4n) is 2.26. The van der Waals surface area contributed by atoms with Crippen molar-refractivity contribution in [2.45, 2.75) is 32.5 Å². The predicted molar refractivity (Wildman–Crippen MR) is 93.3 cm³/mol. The Morgan fingerprint density at radius 1 is 1.04 bits per heavy atom. The van der Waals surface area contributed by atoms with Crippen molar-refractivity contribution in [1.82, 2.24) is 0 Å².